The first-order chi connectivity index (χ1) is 7.83. The third kappa shape index (κ3) is 6.46. The molecule has 0 spiro atoms. The summed E-state index contributed by atoms with van der Waals surface area (Å²) in [5.74, 6) is 0.898. The van der Waals surface area contributed by atoms with E-state index in [9.17, 15) is 0 Å². The van der Waals surface area contributed by atoms with Crippen LogP contribution in [0.15, 0.2) is 0 Å². The monoisotopic (exact) mass is 229 g/mol. The van der Waals surface area contributed by atoms with Crippen LogP contribution in [0.2, 0.25) is 0 Å². The highest BCUT2D eigenvalue weighted by atomic mass is 16.5. The number of nitrogens with one attached hydrogen (secondary N) is 1. The Balaban J connectivity index is 1.94. The predicted molar refractivity (Wildman–Crippen MR) is 66.7 cm³/mol. The maximum atomic E-state index is 5.49. The van der Waals surface area contributed by atoms with Gasteiger partial charge in [-0.3, -0.25) is 0 Å². The van der Waals surface area contributed by atoms with Crippen LogP contribution in [0, 0.1) is 5.92 Å². The third-order valence-corrected chi connectivity index (χ3v) is 3.28. The Kier molecular flexibility index (Phi) is 7.81. The van der Waals surface area contributed by atoms with Crippen molar-refractivity contribution in [3.63, 3.8) is 0 Å². The number of rotatable bonds is 8. The van der Waals surface area contributed by atoms with E-state index < -0.39 is 0 Å². The fourth-order valence-corrected chi connectivity index (χ4v) is 2.22. The summed E-state index contributed by atoms with van der Waals surface area (Å²) in [4.78, 5) is 0. The summed E-state index contributed by atoms with van der Waals surface area (Å²) >= 11 is 0. The highest BCUT2D eigenvalue weighted by Crippen LogP contribution is 2.22. The second-order valence-corrected chi connectivity index (χ2v) is 4.88. The molecule has 1 saturated carbocycles. The van der Waals surface area contributed by atoms with Crippen LogP contribution in [0.3, 0.4) is 0 Å². The molecule has 1 unspecified atom stereocenters. The summed E-state index contributed by atoms with van der Waals surface area (Å²) in [7, 11) is 1.70. The summed E-state index contributed by atoms with van der Waals surface area (Å²) in [6.45, 7) is 5.53. The van der Waals surface area contributed by atoms with E-state index >= 15 is 0 Å². The molecule has 1 atom stereocenters. The van der Waals surface area contributed by atoms with E-state index in [4.69, 9.17) is 9.47 Å². The van der Waals surface area contributed by atoms with Gasteiger partial charge in [0.2, 0.25) is 0 Å². The topological polar surface area (TPSA) is 30.5 Å². The zero-order valence-corrected chi connectivity index (χ0v) is 10.8. The van der Waals surface area contributed by atoms with Crippen molar-refractivity contribution in [3.8, 4) is 0 Å². The van der Waals surface area contributed by atoms with E-state index in [0.717, 1.165) is 19.1 Å². The van der Waals surface area contributed by atoms with E-state index in [1.165, 1.54) is 32.1 Å². The molecular weight excluding hydrogens is 202 g/mol. The SMILES string of the molecule is COCCOCC(C)NCC1CCCCC1. The zero-order chi connectivity index (χ0) is 11.6. The normalized spacial score (nSPS) is 19.9. The Bertz CT molecular complexity index is 158. The van der Waals surface area contributed by atoms with Gasteiger partial charge in [-0.2, -0.15) is 0 Å². The first kappa shape index (κ1) is 13.9. The molecule has 0 saturated heterocycles. The first-order valence-corrected chi connectivity index (χ1v) is 6.63. The molecule has 0 amide bonds. The van der Waals surface area contributed by atoms with Crippen molar-refractivity contribution < 1.29 is 9.47 Å². The maximum absolute atomic E-state index is 5.49. The van der Waals surface area contributed by atoms with Crippen molar-refractivity contribution in [2.24, 2.45) is 5.92 Å². The molecule has 1 aliphatic carbocycles. The third-order valence-electron chi connectivity index (χ3n) is 3.28. The molecular formula is C13H27NO2. The minimum atomic E-state index is 0.457. The van der Waals surface area contributed by atoms with Crippen LogP contribution in [0.25, 0.3) is 0 Å². The number of hydrogen-bond acceptors (Lipinski definition) is 3. The van der Waals surface area contributed by atoms with Gasteiger partial charge in [0.1, 0.15) is 0 Å². The van der Waals surface area contributed by atoms with Crippen molar-refractivity contribution in [2.75, 3.05) is 33.5 Å². The molecule has 0 bridgehead atoms. The molecule has 1 fully saturated rings. The molecule has 16 heavy (non-hydrogen) atoms. The van der Waals surface area contributed by atoms with Gasteiger partial charge in [-0.25, -0.2) is 0 Å². The molecule has 3 nitrogen and oxygen atoms in total. The van der Waals surface area contributed by atoms with Crippen LogP contribution in [0.5, 0.6) is 0 Å². The van der Waals surface area contributed by atoms with Gasteiger partial charge in [0.25, 0.3) is 0 Å². The Hall–Kier alpha value is -0.120. The lowest BCUT2D eigenvalue weighted by Crippen LogP contribution is -2.35. The van der Waals surface area contributed by atoms with E-state index in [1.54, 1.807) is 7.11 Å². The molecule has 0 aromatic rings. The molecule has 0 radical (unpaired) electrons. The largest absolute Gasteiger partial charge is 0.382 e. The van der Waals surface area contributed by atoms with Crippen LogP contribution >= 0.6 is 0 Å². The smallest absolute Gasteiger partial charge is 0.0701 e. The molecule has 0 aliphatic heterocycles. The summed E-state index contributed by atoms with van der Waals surface area (Å²) in [5, 5.41) is 3.56. The second-order valence-electron chi connectivity index (χ2n) is 4.88. The van der Waals surface area contributed by atoms with Crippen LogP contribution in [-0.4, -0.2) is 39.5 Å². The second kappa shape index (κ2) is 8.97. The van der Waals surface area contributed by atoms with Crippen molar-refractivity contribution in [2.45, 2.75) is 45.1 Å². The predicted octanol–water partition coefficient (Wildman–Crippen LogP) is 2.21. The highest BCUT2D eigenvalue weighted by molar-refractivity contribution is 4.70. The molecule has 0 heterocycles. The van der Waals surface area contributed by atoms with Gasteiger partial charge in [0, 0.05) is 13.2 Å². The summed E-state index contributed by atoms with van der Waals surface area (Å²) in [6, 6.07) is 0.457. The van der Waals surface area contributed by atoms with Crippen LogP contribution in [-0.2, 0) is 9.47 Å². The van der Waals surface area contributed by atoms with Gasteiger partial charge < -0.3 is 14.8 Å². The van der Waals surface area contributed by atoms with Gasteiger partial charge in [0.05, 0.1) is 19.8 Å². The number of methoxy groups -OCH3 is 1. The van der Waals surface area contributed by atoms with Gasteiger partial charge in [-0.1, -0.05) is 19.3 Å². The molecule has 1 N–H and O–H groups in total. The van der Waals surface area contributed by atoms with Crippen molar-refractivity contribution >= 4 is 0 Å². The van der Waals surface area contributed by atoms with Gasteiger partial charge in [-0.15, -0.1) is 0 Å². The van der Waals surface area contributed by atoms with Crippen LogP contribution in [0.4, 0.5) is 0 Å². The van der Waals surface area contributed by atoms with Crippen LogP contribution in [0.1, 0.15) is 39.0 Å². The lowest BCUT2D eigenvalue weighted by molar-refractivity contribution is 0.0602. The Morgan fingerprint density at radius 1 is 1.19 bits per heavy atom. The number of hydrogen-bond donors (Lipinski definition) is 1. The molecule has 3 heteroatoms. The first-order valence-electron chi connectivity index (χ1n) is 6.63. The lowest BCUT2D eigenvalue weighted by atomic mass is 9.89. The van der Waals surface area contributed by atoms with Crippen molar-refractivity contribution in [1.82, 2.24) is 5.32 Å². The molecule has 0 aromatic heterocycles. The van der Waals surface area contributed by atoms with Crippen molar-refractivity contribution in [3.05, 3.63) is 0 Å². The quantitative estimate of drug-likeness (QED) is 0.647. The average Bonchev–Trinajstić information content (AvgIpc) is 2.33. The maximum Gasteiger partial charge on any atom is 0.0701 e. The van der Waals surface area contributed by atoms with Crippen LogP contribution < -0.4 is 5.32 Å². The fraction of sp³-hybridized carbons (Fsp3) is 1.00. The average molecular weight is 229 g/mol. The molecule has 1 aliphatic rings. The standard InChI is InChI=1S/C13H27NO2/c1-12(11-16-9-8-15-2)14-10-13-6-4-3-5-7-13/h12-14H,3-11H2,1-2H3. The van der Waals surface area contributed by atoms with Crippen molar-refractivity contribution in [1.29, 1.82) is 0 Å². The molecule has 1 rings (SSSR count). The van der Waals surface area contributed by atoms with Gasteiger partial charge in [-0.05, 0) is 32.2 Å². The highest BCUT2D eigenvalue weighted by Gasteiger charge is 2.13. The summed E-state index contributed by atoms with van der Waals surface area (Å²) in [5.41, 5.74) is 0. The molecule has 96 valence electrons. The zero-order valence-electron chi connectivity index (χ0n) is 10.8. The Labute approximate surface area is 99.9 Å². The van der Waals surface area contributed by atoms with Gasteiger partial charge >= 0.3 is 0 Å². The molecule has 0 aromatic carbocycles. The van der Waals surface area contributed by atoms with E-state index in [2.05, 4.69) is 12.2 Å². The Morgan fingerprint density at radius 3 is 2.62 bits per heavy atom. The minimum Gasteiger partial charge on any atom is -0.382 e. The lowest BCUT2D eigenvalue weighted by Gasteiger charge is -2.24. The van der Waals surface area contributed by atoms with E-state index in [0.29, 0.717) is 19.3 Å². The summed E-state index contributed by atoms with van der Waals surface area (Å²) in [6.07, 6.45) is 7.09. The summed E-state index contributed by atoms with van der Waals surface area (Å²) < 4.78 is 10.4. The Morgan fingerprint density at radius 2 is 1.94 bits per heavy atom. The van der Waals surface area contributed by atoms with Gasteiger partial charge in [0.15, 0.2) is 0 Å². The fourth-order valence-electron chi connectivity index (χ4n) is 2.22. The number of ether oxygens (including phenoxy) is 2. The van der Waals surface area contributed by atoms with E-state index in [-0.39, 0.29) is 0 Å². The minimum absolute atomic E-state index is 0.457. The van der Waals surface area contributed by atoms with E-state index in [1.807, 2.05) is 0 Å².